The first-order chi connectivity index (χ1) is 30.0. The van der Waals surface area contributed by atoms with Crippen LogP contribution in [0.4, 0.5) is 17.1 Å². The Balaban J connectivity index is 0.996. The molecule has 9 rings (SSSR count). The molecule has 9 aromatic rings. The summed E-state index contributed by atoms with van der Waals surface area (Å²) in [6, 6.07) is 52.3. The summed E-state index contributed by atoms with van der Waals surface area (Å²) in [7, 11) is 0. The molecule has 0 aliphatic carbocycles. The van der Waals surface area contributed by atoms with Crippen LogP contribution in [0.5, 0.6) is 0 Å². The van der Waals surface area contributed by atoms with Crippen molar-refractivity contribution in [2.24, 2.45) is 0 Å². The van der Waals surface area contributed by atoms with Gasteiger partial charge in [-0.15, -0.1) is 0 Å². The third-order valence-corrected chi connectivity index (χ3v) is 9.92. The number of aromatic nitrogens is 3. The Morgan fingerprint density at radius 1 is 0.311 bits per heavy atom. The molecule has 284 valence electrons. The molecule has 0 unspecified atom stereocenters. The number of hydrogen-bond donors (Lipinski definition) is 0. The number of pyridine rings is 3. The van der Waals surface area contributed by atoms with E-state index in [-0.39, 0.29) is 0 Å². The number of anilines is 3. The van der Waals surface area contributed by atoms with Gasteiger partial charge in [0.05, 0.1) is 16.6 Å². The zero-order chi connectivity index (χ0) is 41.5. The van der Waals surface area contributed by atoms with Crippen LogP contribution in [0.1, 0.15) is 64.8 Å². The van der Waals surface area contributed by atoms with E-state index in [1.54, 1.807) is 18.2 Å². The Bertz CT molecular complexity index is 3020. The lowest BCUT2D eigenvalue weighted by atomic mass is 10.1. The highest BCUT2D eigenvalue weighted by atomic mass is 16.1. The maximum absolute atomic E-state index is 11.1. The van der Waals surface area contributed by atoms with Gasteiger partial charge in [-0.3, -0.25) is 14.4 Å². The Morgan fingerprint density at radius 2 is 0.574 bits per heavy atom. The second-order valence-corrected chi connectivity index (χ2v) is 14.0. The van der Waals surface area contributed by atoms with E-state index in [0.717, 1.165) is 102 Å². The Kier molecular flexibility index (Phi) is 10.4. The fraction of sp³-hybridized carbons (Fsp3) is 0. The molecule has 0 aliphatic heterocycles. The van der Waals surface area contributed by atoms with Crippen LogP contribution in [-0.2, 0) is 0 Å². The molecule has 0 aliphatic rings. The van der Waals surface area contributed by atoms with E-state index in [1.807, 2.05) is 109 Å². The van der Waals surface area contributed by atoms with Crippen molar-refractivity contribution in [2.45, 2.75) is 0 Å². The third-order valence-electron chi connectivity index (χ3n) is 9.92. The second-order valence-electron chi connectivity index (χ2n) is 14.0. The lowest BCUT2D eigenvalue weighted by Gasteiger charge is -2.25. The van der Waals surface area contributed by atoms with Crippen molar-refractivity contribution in [3.63, 3.8) is 0 Å². The van der Waals surface area contributed by atoms with Crippen LogP contribution in [0.2, 0.25) is 0 Å². The molecule has 0 atom stereocenters. The molecule has 6 aromatic carbocycles. The summed E-state index contributed by atoms with van der Waals surface area (Å²) in [4.78, 5) is 48.7. The fourth-order valence-electron chi connectivity index (χ4n) is 6.82. The van der Waals surface area contributed by atoms with Crippen molar-refractivity contribution in [2.75, 3.05) is 4.90 Å². The highest BCUT2D eigenvalue weighted by molar-refractivity contribution is 5.87. The SMILES string of the molecule is O=Cc1ccc2cc(C#Cc3ccc(N(c4ccc(C#Cc5ccc6nc(C=O)ccc6c5)cc4)c4ccc(C#Cc5ccc6nc(C=O)ccc6c5)cc4)cc3)ccc2n1. The standard InChI is InChI=1S/C54H30N4O3/c59-34-46-19-16-43-31-40(13-28-52(43)55-46)4-1-37-7-22-49(23-8-37)58(50-24-9-38(10-25-50)2-5-41-14-29-53-44(32-41)17-20-47(35-60)56-53)51-26-11-39(12-27-51)3-6-42-15-30-54-45(33-42)18-21-48(36-61)57-54/h7-36H. The van der Waals surface area contributed by atoms with Crippen molar-refractivity contribution in [3.8, 4) is 35.5 Å². The molecule has 0 spiro atoms. The van der Waals surface area contributed by atoms with Crippen LogP contribution in [0.3, 0.4) is 0 Å². The molecule has 3 heterocycles. The summed E-state index contributed by atoms with van der Waals surface area (Å²) in [5, 5.41) is 2.75. The number of rotatable bonds is 6. The smallest absolute Gasteiger partial charge is 0.168 e. The lowest BCUT2D eigenvalue weighted by molar-refractivity contribution is 0.111. The van der Waals surface area contributed by atoms with Crippen LogP contribution in [-0.4, -0.2) is 33.8 Å². The minimum atomic E-state index is 0.397. The quantitative estimate of drug-likeness (QED) is 0.122. The van der Waals surface area contributed by atoms with Crippen LogP contribution in [0, 0.1) is 35.5 Å². The molecule has 3 aromatic heterocycles. The molecule has 0 saturated carbocycles. The van der Waals surface area contributed by atoms with Gasteiger partial charge in [-0.05, 0) is 146 Å². The van der Waals surface area contributed by atoms with Gasteiger partial charge in [0.25, 0.3) is 0 Å². The molecule has 61 heavy (non-hydrogen) atoms. The number of carbonyl (C=O) groups is 3. The summed E-state index contributed by atoms with van der Waals surface area (Å²) < 4.78 is 0. The van der Waals surface area contributed by atoms with Gasteiger partial charge in [0, 0.05) is 66.6 Å². The van der Waals surface area contributed by atoms with Crippen LogP contribution in [0.25, 0.3) is 32.7 Å². The van der Waals surface area contributed by atoms with Crippen LogP contribution >= 0.6 is 0 Å². The number of carbonyl (C=O) groups excluding carboxylic acids is 3. The molecule has 7 heteroatoms. The van der Waals surface area contributed by atoms with Crippen LogP contribution < -0.4 is 4.90 Å². The highest BCUT2D eigenvalue weighted by Crippen LogP contribution is 2.35. The van der Waals surface area contributed by atoms with Gasteiger partial charge in [-0.25, -0.2) is 15.0 Å². The van der Waals surface area contributed by atoms with Gasteiger partial charge in [-0.2, -0.15) is 0 Å². The first kappa shape index (κ1) is 37.6. The first-order valence-corrected chi connectivity index (χ1v) is 19.2. The topological polar surface area (TPSA) is 93.1 Å². The molecular weight excluding hydrogens is 753 g/mol. The molecular formula is C54H30N4O3. The minimum Gasteiger partial charge on any atom is -0.311 e. The maximum Gasteiger partial charge on any atom is 0.168 e. The molecule has 0 saturated heterocycles. The molecule has 0 amide bonds. The number of nitrogens with zero attached hydrogens (tertiary/aromatic N) is 4. The summed E-state index contributed by atoms with van der Waals surface area (Å²) in [5.41, 5.74) is 11.4. The Labute approximate surface area is 351 Å². The van der Waals surface area contributed by atoms with E-state index in [9.17, 15) is 14.4 Å². The molecule has 0 N–H and O–H groups in total. The zero-order valence-corrected chi connectivity index (χ0v) is 32.3. The first-order valence-electron chi connectivity index (χ1n) is 19.2. The molecule has 0 fully saturated rings. The summed E-state index contributed by atoms with van der Waals surface area (Å²) in [6.45, 7) is 0. The monoisotopic (exact) mass is 782 g/mol. The largest absolute Gasteiger partial charge is 0.311 e. The third kappa shape index (κ3) is 8.52. The van der Waals surface area contributed by atoms with E-state index in [4.69, 9.17) is 0 Å². The van der Waals surface area contributed by atoms with Crippen LogP contribution in [0.15, 0.2) is 164 Å². The number of hydrogen-bond acceptors (Lipinski definition) is 7. The van der Waals surface area contributed by atoms with E-state index in [1.165, 1.54) is 0 Å². The number of benzene rings is 6. The van der Waals surface area contributed by atoms with Gasteiger partial charge < -0.3 is 4.90 Å². The highest BCUT2D eigenvalue weighted by Gasteiger charge is 2.13. The van der Waals surface area contributed by atoms with E-state index in [2.05, 4.69) is 91.8 Å². The van der Waals surface area contributed by atoms with Crippen molar-refractivity contribution in [1.29, 1.82) is 0 Å². The van der Waals surface area contributed by atoms with Gasteiger partial charge in [0.1, 0.15) is 17.1 Å². The molecule has 0 bridgehead atoms. The van der Waals surface area contributed by atoms with Crippen molar-refractivity contribution >= 4 is 68.6 Å². The van der Waals surface area contributed by atoms with Gasteiger partial charge in [0.2, 0.25) is 0 Å². The normalized spacial score (nSPS) is 10.4. The van der Waals surface area contributed by atoms with Crippen molar-refractivity contribution < 1.29 is 14.4 Å². The average Bonchev–Trinajstić information content (AvgIpc) is 3.32. The summed E-state index contributed by atoms with van der Waals surface area (Å²) >= 11 is 0. The predicted octanol–water partition coefficient (Wildman–Crippen LogP) is 10.4. The number of aldehydes is 3. The minimum absolute atomic E-state index is 0.397. The van der Waals surface area contributed by atoms with E-state index >= 15 is 0 Å². The van der Waals surface area contributed by atoms with Gasteiger partial charge >= 0.3 is 0 Å². The zero-order valence-electron chi connectivity index (χ0n) is 32.3. The fourth-order valence-corrected chi connectivity index (χ4v) is 6.82. The average molecular weight is 783 g/mol. The molecule has 0 radical (unpaired) electrons. The Hall–Kier alpha value is -8.96. The second kappa shape index (κ2) is 16.9. The Morgan fingerprint density at radius 3 is 0.852 bits per heavy atom. The predicted molar refractivity (Wildman–Crippen MR) is 240 cm³/mol. The van der Waals surface area contributed by atoms with E-state index in [0.29, 0.717) is 17.1 Å². The summed E-state index contributed by atoms with van der Waals surface area (Å²) in [5.74, 6) is 19.6. The summed E-state index contributed by atoms with van der Waals surface area (Å²) in [6.07, 6.45) is 2.23. The molecule has 7 nitrogen and oxygen atoms in total. The van der Waals surface area contributed by atoms with Crippen molar-refractivity contribution in [1.82, 2.24) is 15.0 Å². The maximum atomic E-state index is 11.1. The lowest BCUT2D eigenvalue weighted by Crippen LogP contribution is -2.09. The van der Waals surface area contributed by atoms with E-state index < -0.39 is 0 Å². The van der Waals surface area contributed by atoms with Gasteiger partial charge in [0.15, 0.2) is 18.9 Å². The van der Waals surface area contributed by atoms with Crippen molar-refractivity contribution in [3.05, 3.63) is 214 Å². The van der Waals surface area contributed by atoms with Gasteiger partial charge in [-0.1, -0.05) is 53.7 Å². The number of fused-ring (bicyclic) bond motifs is 3.